The zero-order chi connectivity index (χ0) is 13.2. The second kappa shape index (κ2) is 5.17. The molecule has 1 fully saturated rings. The molecule has 0 saturated carbocycles. The zero-order valence-electron chi connectivity index (χ0n) is 11.4. The number of amides is 1. The minimum Gasteiger partial charge on any atom is -0.315 e. The van der Waals surface area contributed by atoms with Crippen LogP contribution >= 0.6 is 0 Å². The van der Waals surface area contributed by atoms with Gasteiger partial charge in [-0.15, -0.1) is 0 Å². The van der Waals surface area contributed by atoms with Gasteiger partial charge in [0, 0.05) is 12.2 Å². The van der Waals surface area contributed by atoms with E-state index in [0.29, 0.717) is 0 Å². The van der Waals surface area contributed by atoms with E-state index < -0.39 is 0 Å². The highest BCUT2D eigenvalue weighted by atomic mass is 16.2. The molecule has 1 heterocycles. The molecule has 3 nitrogen and oxygen atoms in total. The molecule has 1 aliphatic heterocycles. The van der Waals surface area contributed by atoms with Crippen LogP contribution < -0.4 is 5.32 Å². The molecule has 0 aromatic heterocycles. The largest absolute Gasteiger partial charge is 0.315 e. The number of fused-ring (bicyclic) bond motifs is 1. The first-order valence-corrected chi connectivity index (χ1v) is 7.09. The van der Waals surface area contributed by atoms with Crippen LogP contribution in [0.1, 0.15) is 30.9 Å². The number of nitrogens with one attached hydrogen (secondary N) is 1. The maximum atomic E-state index is 12.4. The zero-order valence-corrected chi connectivity index (χ0v) is 11.4. The minimum atomic E-state index is -0.0689. The van der Waals surface area contributed by atoms with Crippen molar-refractivity contribution in [2.24, 2.45) is 0 Å². The number of carbonyl (C=O) groups is 1. The van der Waals surface area contributed by atoms with Crippen LogP contribution in [0.2, 0.25) is 0 Å². The average molecular weight is 256 g/mol. The highest BCUT2D eigenvalue weighted by Gasteiger charge is 2.26. The minimum absolute atomic E-state index is 0.0689. The van der Waals surface area contributed by atoms with Crippen LogP contribution in [-0.4, -0.2) is 29.9 Å². The van der Waals surface area contributed by atoms with Crippen LogP contribution in [0.15, 0.2) is 30.0 Å². The fourth-order valence-corrected chi connectivity index (χ4v) is 2.90. The van der Waals surface area contributed by atoms with E-state index >= 15 is 0 Å². The Morgan fingerprint density at radius 3 is 3.00 bits per heavy atom. The van der Waals surface area contributed by atoms with Gasteiger partial charge in [-0.25, -0.2) is 0 Å². The molecule has 2 aliphatic rings. The Balaban J connectivity index is 1.90. The maximum Gasteiger partial charge on any atom is 0.243 e. The normalized spacial score (nSPS) is 23.6. The monoisotopic (exact) mass is 256 g/mol. The number of allylic oxidation sites excluding steroid dienone is 1. The Bertz CT molecular complexity index is 521. The van der Waals surface area contributed by atoms with Gasteiger partial charge in [0.2, 0.25) is 5.91 Å². The van der Waals surface area contributed by atoms with Crippen molar-refractivity contribution in [3.63, 3.8) is 0 Å². The molecule has 3 heteroatoms. The van der Waals surface area contributed by atoms with Crippen molar-refractivity contribution in [3.8, 4) is 0 Å². The van der Waals surface area contributed by atoms with Crippen molar-refractivity contribution >= 4 is 12.0 Å². The maximum absolute atomic E-state index is 12.4. The van der Waals surface area contributed by atoms with E-state index in [1.165, 1.54) is 16.8 Å². The van der Waals surface area contributed by atoms with Gasteiger partial charge in [0.05, 0.1) is 6.04 Å². The molecule has 1 atom stereocenters. The Morgan fingerprint density at radius 1 is 1.26 bits per heavy atom. The van der Waals surface area contributed by atoms with Crippen molar-refractivity contribution < 1.29 is 4.79 Å². The van der Waals surface area contributed by atoms with E-state index in [2.05, 4.69) is 35.7 Å². The Kier molecular flexibility index (Phi) is 3.38. The Labute approximate surface area is 114 Å². The molecule has 0 radical (unpaired) electrons. The first-order chi connectivity index (χ1) is 9.25. The third-order valence-electron chi connectivity index (χ3n) is 4.02. The fourth-order valence-electron chi connectivity index (χ4n) is 2.90. The van der Waals surface area contributed by atoms with E-state index in [9.17, 15) is 4.79 Å². The van der Waals surface area contributed by atoms with Crippen LogP contribution in [0.5, 0.6) is 0 Å². The quantitative estimate of drug-likeness (QED) is 0.835. The lowest BCUT2D eigenvalue weighted by molar-refractivity contribution is -0.130. The molecule has 3 rings (SSSR count). The predicted octanol–water partition coefficient (Wildman–Crippen LogP) is 2.18. The van der Waals surface area contributed by atoms with Crippen molar-refractivity contribution in [1.82, 2.24) is 10.2 Å². The second-order valence-corrected chi connectivity index (χ2v) is 5.35. The second-order valence-electron chi connectivity index (χ2n) is 5.35. The third kappa shape index (κ3) is 2.43. The predicted molar refractivity (Wildman–Crippen MR) is 76.5 cm³/mol. The van der Waals surface area contributed by atoms with E-state index in [1.54, 1.807) is 0 Å². The van der Waals surface area contributed by atoms with Gasteiger partial charge in [-0.1, -0.05) is 24.3 Å². The van der Waals surface area contributed by atoms with Crippen LogP contribution in [0.25, 0.3) is 6.08 Å². The average Bonchev–Trinajstić information content (AvgIpc) is 2.61. The summed E-state index contributed by atoms with van der Waals surface area (Å²) in [6.45, 7) is 3.72. The van der Waals surface area contributed by atoms with Crippen molar-refractivity contribution in [2.75, 3.05) is 13.1 Å². The summed E-state index contributed by atoms with van der Waals surface area (Å²) in [6.07, 6.45) is 5.22. The van der Waals surface area contributed by atoms with Gasteiger partial charge >= 0.3 is 0 Å². The fraction of sp³-hybridized carbons (Fsp3) is 0.438. The number of rotatable bonds is 1. The summed E-state index contributed by atoms with van der Waals surface area (Å²) < 4.78 is 0. The van der Waals surface area contributed by atoms with Gasteiger partial charge < -0.3 is 10.2 Å². The van der Waals surface area contributed by atoms with Crippen molar-refractivity contribution in [2.45, 2.75) is 32.2 Å². The summed E-state index contributed by atoms with van der Waals surface area (Å²) in [4.78, 5) is 14.4. The standard InChI is InChI=1S/C16H20N2O/c1-12-16(19)18(10-4-9-17-12)15-8-7-13-5-2-3-6-14(13)11-15/h2-3,5-6,11-12,17H,4,7-10H2,1H3. The lowest BCUT2D eigenvalue weighted by atomic mass is 9.94. The summed E-state index contributed by atoms with van der Waals surface area (Å²) in [5.41, 5.74) is 3.83. The molecule has 19 heavy (non-hydrogen) atoms. The van der Waals surface area contributed by atoms with Gasteiger partial charge in [0.25, 0.3) is 0 Å². The molecular formula is C16H20N2O. The van der Waals surface area contributed by atoms with Gasteiger partial charge in [-0.2, -0.15) is 0 Å². The van der Waals surface area contributed by atoms with E-state index in [-0.39, 0.29) is 11.9 Å². The van der Waals surface area contributed by atoms with Crippen molar-refractivity contribution in [1.29, 1.82) is 0 Å². The Hall–Kier alpha value is -1.61. The Morgan fingerprint density at radius 2 is 2.11 bits per heavy atom. The summed E-state index contributed by atoms with van der Waals surface area (Å²) >= 11 is 0. The molecule has 1 unspecified atom stereocenters. The molecule has 1 saturated heterocycles. The molecule has 100 valence electrons. The first-order valence-electron chi connectivity index (χ1n) is 7.09. The molecule has 0 bridgehead atoms. The molecular weight excluding hydrogens is 236 g/mol. The first kappa shape index (κ1) is 12.4. The number of hydrogen-bond donors (Lipinski definition) is 1. The molecule has 1 aromatic rings. The summed E-state index contributed by atoms with van der Waals surface area (Å²) in [6, 6.07) is 8.39. The molecule has 1 aliphatic carbocycles. The number of carbonyl (C=O) groups excluding carboxylic acids is 1. The topological polar surface area (TPSA) is 32.3 Å². The van der Waals surface area contributed by atoms with Crippen molar-refractivity contribution in [3.05, 3.63) is 41.1 Å². The van der Waals surface area contributed by atoms with Gasteiger partial charge in [-0.05, 0) is 49.9 Å². The number of nitrogens with zero attached hydrogens (tertiary/aromatic N) is 1. The summed E-state index contributed by atoms with van der Waals surface area (Å²) in [7, 11) is 0. The van der Waals surface area contributed by atoms with Gasteiger partial charge in [-0.3, -0.25) is 4.79 Å². The molecule has 0 spiro atoms. The molecule has 1 amide bonds. The van der Waals surface area contributed by atoms with Crippen LogP contribution in [0, 0.1) is 0 Å². The van der Waals surface area contributed by atoms with Crippen LogP contribution in [0.3, 0.4) is 0 Å². The van der Waals surface area contributed by atoms with Gasteiger partial charge in [0.15, 0.2) is 0 Å². The van der Waals surface area contributed by atoms with E-state index in [4.69, 9.17) is 0 Å². The smallest absolute Gasteiger partial charge is 0.243 e. The number of benzene rings is 1. The molecule has 1 aromatic carbocycles. The van der Waals surface area contributed by atoms with Gasteiger partial charge in [0.1, 0.15) is 0 Å². The highest BCUT2D eigenvalue weighted by molar-refractivity contribution is 5.84. The van der Waals surface area contributed by atoms with Crippen LogP contribution in [0.4, 0.5) is 0 Å². The number of hydrogen-bond acceptors (Lipinski definition) is 2. The van der Waals surface area contributed by atoms with E-state index in [1.807, 2.05) is 11.8 Å². The lowest BCUT2D eigenvalue weighted by Gasteiger charge is -2.28. The lowest BCUT2D eigenvalue weighted by Crippen LogP contribution is -2.41. The SMILES string of the molecule is CC1NCCCN(C2=Cc3ccccc3CC2)C1=O. The molecule has 1 N–H and O–H groups in total. The highest BCUT2D eigenvalue weighted by Crippen LogP contribution is 2.26. The summed E-state index contributed by atoms with van der Waals surface area (Å²) in [5, 5.41) is 3.26. The summed E-state index contributed by atoms with van der Waals surface area (Å²) in [5.74, 6) is 0.211. The number of aryl methyl sites for hydroxylation is 1. The third-order valence-corrected chi connectivity index (χ3v) is 4.02. The van der Waals surface area contributed by atoms with Crippen LogP contribution in [-0.2, 0) is 11.2 Å². The van der Waals surface area contributed by atoms with E-state index in [0.717, 1.165) is 32.4 Å².